The fraction of sp³-hybridized carbons (Fsp3) is 0.385. The van der Waals surface area contributed by atoms with Crippen LogP contribution in [0, 0.1) is 12.8 Å². The predicted octanol–water partition coefficient (Wildman–Crippen LogP) is 4.25. The van der Waals surface area contributed by atoms with Crippen LogP contribution in [0.4, 0.5) is 10.5 Å². The van der Waals surface area contributed by atoms with E-state index < -0.39 is 0 Å². The number of piperidine rings is 3. The topological polar surface area (TPSA) is 100 Å². The first-order valence-corrected chi connectivity index (χ1v) is 11.8. The van der Waals surface area contributed by atoms with E-state index in [0.29, 0.717) is 35.7 Å². The predicted molar refractivity (Wildman–Crippen MR) is 129 cm³/mol. The van der Waals surface area contributed by atoms with E-state index in [0.717, 1.165) is 48.9 Å². The number of carbonyl (C=O) groups excluding carboxylic acids is 2. The van der Waals surface area contributed by atoms with Gasteiger partial charge in [-0.1, -0.05) is 0 Å². The zero-order valence-corrected chi connectivity index (χ0v) is 19.5. The lowest BCUT2D eigenvalue weighted by atomic mass is 9.74. The zero-order chi connectivity index (χ0) is 23.7. The molecule has 3 saturated heterocycles. The number of hydrogen-bond donors (Lipinski definition) is 2. The highest BCUT2D eigenvalue weighted by Crippen LogP contribution is 2.41. The quantitative estimate of drug-likeness (QED) is 0.535. The molecule has 2 bridgehead atoms. The lowest BCUT2D eigenvalue weighted by molar-refractivity contribution is 0.0307. The number of urea groups is 1. The number of amides is 2. The van der Waals surface area contributed by atoms with Gasteiger partial charge in [0.2, 0.25) is 0 Å². The van der Waals surface area contributed by atoms with Crippen molar-refractivity contribution in [1.29, 1.82) is 0 Å². The summed E-state index contributed by atoms with van der Waals surface area (Å²) in [7, 11) is 0. The van der Waals surface area contributed by atoms with Crippen LogP contribution in [0.1, 0.15) is 47.6 Å². The number of Topliss-reactive ketones (excluding diaryl/α,β-unsaturated/α-hetero) is 1. The van der Waals surface area contributed by atoms with Crippen molar-refractivity contribution in [1.82, 2.24) is 20.2 Å². The van der Waals surface area contributed by atoms with Crippen LogP contribution in [0.2, 0.25) is 0 Å². The standard InChI is InChI=1S/C26H29N5O3/c1-16(32)18-5-7-20(8-6-18)30-26(33)27-14-21-12-19-9-10-31(21)15-22(19)23-13-24(29-17(2)28-23)25-4-3-11-34-25/h3-8,11,13,19,21-22H,9-10,12,14-15H2,1-2H3,(H2,27,30,33). The van der Waals surface area contributed by atoms with Crippen molar-refractivity contribution in [2.75, 3.05) is 25.0 Å². The van der Waals surface area contributed by atoms with Crippen molar-refractivity contribution < 1.29 is 14.0 Å². The summed E-state index contributed by atoms with van der Waals surface area (Å²) in [5, 5.41) is 5.86. The fourth-order valence-electron chi connectivity index (χ4n) is 5.19. The summed E-state index contributed by atoms with van der Waals surface area (Å²) in [6, 6.07) is 12.9. The molecule has 34 heavy (non-hydrogen) atoms. The minimum absolute atomic E-state index is 0.00465. The van der Waals surface area contributed by atoms with E-state index in [4.69, 9.17) is 9.40 Å². The molecular formula is C26H29N5O3. The molecule has 3 aromatic rings. The van der Waals surface area contributed by atoms with E-state index >= 15 is 0 Å². The molecule has 5 heterocycles. The van der Waals surface area contributed by atoms with E-state index in [1.54, 1.807) is 30.5 Å². The number of ketones is 1. The molecule has 0 radical (unpaired) electrons. The van der Waals surface area contributed by atoms with Crippen LogP contribution in [-0.4, -0.2) is 52.4 Å². The number of aromatic nitrogens is 2. The third-order valence-electron chi connectivity index (χ3n) is 6.94. The highest BCUT2D eigenvalue weighted by atomic mass is 16.3. The fourth-order valence-corrected chi connectivity index (χ4v) is 5.19. The largest absolute Gasteiger partial charge is 0.463 e. The Bertz CT molecular complexity index is 1180. The number of benzene rings is 1. The van der Waals surface area contributed by atoms with Gasteiger partial charge in [0.15, 0.2) is 11.5 Å². The molecule has 0 saturated carbocycles. The molecule has 6 rings (SSSR count). The molecule has 2 N–H and O–H groups in total. The van der Waals surface area contributed by atoms with Crippen LogP contribution in [-0.2, 0) is 0 Å². The second-order valence-electron chi connectivity index (χ2n) is 9.21. The molecule has 4 unspecified atom stereocenters. The molecule has 3 aliphatic rings. The van der Waals surface area contributed by atoms with Gasteiger partial charge in [0.05, 0.1) is 6.26 Å². The monoisotopic (exact) mass is 459 g/mol. The molecule has 176 valence electrons. The Balaban J connectivity index is 1.19. The second kappa shape index (κ2) is 9.38. The summed E-state index contributed by atoms with van der Waals surface area (Å²) in [5.41, 5.74) is 3.20. The average molecular weight is 460 g/mol. The van der Waals surface area contributed by atoms with Gasteiger partial charge in [-0.25, -0.2) is 14.8 Å². The van der Waals surface area contributed by atoms with Gasteiger partial charge < -0.3 is 15.1 Å². The van der Waals surface area contributed by atoms with E-state index in [9.17, 15) is 9.59 Å². The number of anilines is 1. The van der Waals surface area contributed by atoms with Crippen molar-refractivity contribution in [3.8, 4) is 11.5 Å². The SMILES string of the molecule is CC(=O)c1ccc(NC(=O)NCC2CC3CCN2CC3c2cc(-c3ccco3)nc(C)n2)cc1. The molecule has 4 atom stereocenters. The number of nitrogens with zero attached hydrogens (tertiary/aromatic N) is 3. The number of aryl methyl sites for hydroxylation is 1. The number of rotatable bonds is 6. The molecule has 2 aromatic heterocycles. The summed E-state index contributed by atoms with van der Waals surface area (Å²) in [6.07, 6.45) is 3.82. The number of furan rings is 1. The van der Waals surface area contributed by atoms with Crippen molar-refractivity contribution in [2.24, 2.45) is 5.92 Å². The lowest BCUT2D eigenvalue weighted by Gasteiger charge is -2.49. The molecular weight excluding hydrogens is 430 g/mol. The number of hydrogen-bond acceptors (Lipinski definition) is 6. The highest BCUT2D eigenvalue weighted by Gasteiger charge is 2.41. The van der Waals surface area contributed by atoms with Gasteiger partial charge in [-0.3, -0.25) is 9.69 Å². The average Bonchev–Trinajstić information content (AvgIpc) is 3.38. The maximum absolute atomic E-state index is 12.4. The van der Waals surface area contributed by atoms with Gasteiger partial charge in [-0.15, -0.1) is 0 Å². The Morgan fingerprint density at radius 1 is 1.18 bits per heavy atom. The van der Waals surface area contributed by atoms with Crippen molar-refractivity contribution in [3.05, 3.63) is 65.8 Å². The Morgan fingerprint density at radius 3 is 2.68 bits per heavy atom. The van der Waals surface area contributed by atoms with Gasteiger partial charge in [0, 0.05) is 42.0 Å². The Hall–Kier alpha value is -3.52. The van der Waals surface area contributed by atoms with E-state index in [2.05, 4.69) is 26.6 Å². The maximum atomic E-state index is 12.4. The van der Waals surface area contributed by atoms with Crippen LogP contribution in [0.5, 0.6) is 0 Å². The van der Waals surface area contributed by atoms with Crippen molar-refractivity contribution in [2.45, 2.75) is 38.6 Å². The summed E-state index contributed by atoms with van der Waals surface area (Å²) < 4.78 is 5.55. The Morgan fingerprint density at radius 2 is 2.00 bits per heavy atom. The van der Waals surface area contributed by atoms with E-state index in [1.807, 2.05) is 19.1 Å². The zero-order valence-electron chi connectivity index (χ0n) is 19.5. The molecule has 0 spiro atoms. The molecule has 3 aliphatic heterocycles. The molecule has 1 aromatic carbocycles. The summed E-state index contributed by atoms with van der Waals surface area (Å²) in [5.74, 6) is 2.40. The maximum Gasteiger partial charge on any atom is 0.319 e. The van der Waals surface area contributed by atoms with Crippen molar-refractivity contribution >= 4 is 17.5 Å². The minimum Gasteiger partial charge on any atom is -0.463 e. The van der Waals surface area contributed by atoms with E-state index in [-0.39, 0.29) is 11.8 Å². The second-order valence-corrected chi connectivity index (χ2v) is 9.21. The van der Waals surface area contributed by atoms with Gasteiger partial charge in [-0.05, 0) is 81.6 Å². The number of carbonyl (C=O) groups is 2. The lowest BCUT2D eigenvalue weighted by Crippen LogP contribution is -2.56. The smallest absolute Gasteiger partial charge is 0.319 e. The van der Waals surface area contributed by atoms with Crippen LogP contribution in [0.25, 0.3) is 11.5 Å². The third kappa shape index (κ3) is 4.72. The van der Waals surface area contributed by atoms with Crippen LogP contribution in [0.15, 0.2) is 53.1 Å². The van der Waals surface area contributed by atoms with Gasteiger partial charge >= 0.3 is 6.03 Å². The summed E-state index contributed by atoms with van der Waals surface area (Å²) in [4.78, 5) is 35.6. The van der Waals surface area contributed by atoms with Crippen LogP contribution in [0.3, 0.4) is 0 Å². The first-order valence-electron chi connectivity index (χ1n) is 11.8. The third-order valence-corrected chi connectivity index (χ3v) is 6.94. The minimum atomic E-state index is -0.232. The molecule has 8 heteroatoms. The molecule has 2 amide bonds. The van der Waals surface area contributed by atoms with Crippen LogP contribution >= 0.6 is 0 Å². The van der Waals surface area contributed by atoms with Crippen molar-refractivity contribution in [3.63, 3.8) is 0 Å². The molecule has 0 aliphatic carbocycles. The number of fused-ring (bicyclic) bond motifs is 3. The summed E-state index contributed by atoms with van der Waals surface area (Å²) in [6.45, 7) is 6.02. The summed E-state index contributed by atoms with van der Waals surface area (Å²) >= 11 is 0. The molecule has 3 fully saturated rings. The van der Waals surface area contributed by atoms with E-state index in [1.165, 1.54) is 6.92 Å². The van der Waals surface area contributed by atoms with Crippen LogP contribution < -0.4 is 10.6 Å². The van der Waals surface area contributed by atoms with Gasteiger partial charge in [0.1, 0.15) is 11.5 Å². The highest BCUT2D eigenvalue weighted by molar-refractivity contribution is 5.95. The number of nitrogens with one attached hydrogen (secondary N) is 2. The first-order chi connectivity index (χ1) is 16.5. The van der Waals surface area contributed by atoms with Gasteiger partial charge in [-0.2, -0.15) is 0 Å². The Labute approximate surface area is 198 Å². The first kappa shape index (κ1) is 22.3. The Kier molecular flexibility index (Phi) is 6.15. The normalized spacial score (nSPS) is 23.5. The van der Waals surface area contributed by atoms with Gasteiger partial charge in [0.25, 0.3) is 0 Å². The molecule has 8 nitrogen and oxygen atoms in total.